The van der Waals surface area contributed by atoms with E-state index in [9.17, 15) is 4.39 Å². The van der Waals surface area contributed by atoms with Gasteiger partial charge < -0.3 is 0 Å². The standard InChI is InChI=1S/C8H3ClFN3S/c1-5-12-7(9)6(8(10)13-5)2-3-11-4-14/h1H3. The summed E-state index contributed by atoms with van der Waals surface area (Å²) >= 11 is 9.91. The maximum atomic E-state index is 13.1. The normalized spacial score (nSPS) is 8.50. The Bertz CT molecular complexity index is 448. The van der Waals surface area contributed by atoms with Gasteiger partial charge in [-0.3, -0.25) is 0 Å². The van der Waals surface area contributed by atoms with Crippen molar-refractivity contribution in [3.8, 4) is 12.0 Å². The van der Waals surface area contributed by atoms with Crippen molar-refractivity contribution in [3.63, 3.8) is 0 Å². The van der Waals surface area contributed by atoms with Crippen LogP contribution in [-0.2, 0) is 0 Å². The van der Waals surface area contributed by atoms with Crippen molar-refractivity contribution in [2.24, 2.45) is 4.99 Å². The quantitative estimate of drug-likeness (QED) is 0.294. The van der Waals surface area contributed by atoms with E-state index in [0.717, 1.165) is 0 Å². The first-order chi connectivity index (χ1) is 6.65. The van der Waals surface area contributed by atoms with Crippen LogP contribution in [0.4, 0.5) is 4.39 Å². The Morgan fingerprint density at radius 2 is 2.21 bits per heavy atom. The first kappa shape index (κ1) is 10.7. The van der Waals surface area contributed by atoms with Crippen LogP contribution >= 0.6 is 23.8 Å². The van der Waals surface area contributed by atoms with Gasteiger partial charge >= 0.3 is 0 Å². The lowest BCUT2D eigenvalue weighted by atomic mass is 10.3. The van der Waals surface area contributed by atoms with Crippen LogP contribution < -0.4 is 0 Å². The van der Waals surface area contributed by atoms with Crippen molar-refractivity contribution in [2.45, 2.75) is 6.92 Å². The average Bonchev–Trinajstić information content (AvgIpc) is 2.09. The van der Waals surface area contributed by atoms with Crippen LogP contribution in [0.15, 0.2) is 4.99 Å². The lowest BCUT2D eigenvalue weighted by molar-refractivity contribution is 0.570. The Morgan fingerprint density at radius 1 is 1.50 bits per heavy atom. The summed E-state index contributed by atoms with van der Waals surface area (Å²) in [5.74, 6) is 1.81. The van der Waals surface area contributed by atoms with E-state index in [0.29, 0.717) is 0 Å². The third-order valence-electron chi connectivity index (χ3n) is 1.21. The van der Waals surface area contributed by atoms with Gasteiger partial charge in [0.2, 0.25) is 5.95 Å². The molecule has 0 unspecified atom stereocenters. The van der Waals surface area contributed by atoms with Crippen molar-refractivity contribution in [2.75, 3.05) is 0 Å². The first-order valence-electron chi connectivity index (χ1n) is 3.42. The van der Waals surface area contributed by atoms with Gasteiger partial charge in [-0.15, -0.1) is 4.99 Å². The number of aryl methyl sites for hydroxylation is 1. The van der Waals surface area contributed by atoms with Crippen LogP contribution in [0.5, 0.6) is 0 Å². The molecular formula is C8H3ClFN3S. The summed E-state index contributed by atoms with van der Waals surface area (Å²) in [7, 11) is 0. The second-order valence-electron chi connectivity index (χ2n) is 2.17. The highest BCUT2D eigenvalue weighted by Crippen LogP contribution is 2.13. The van der Waals surface area contributed by atoms with Gasteiger partial charge in [-0.2, -0.15) is 4.39 Å². The molecule has 1 heterocycles. The summed E-state index contributed by atoms with van der Waals surface area (Å²) in [6, 6.07) is 2.21. The first-order valence-corrected chi connectivity index (χ1v) is 4.21. The van der Waals surface area contributed by atoms with Gasteiger partial charge in [0.15, 0.2) is 5.15 Å². The fraction of sp³-hybridized carbons (Fsp3) is 0.125. The van der Waals surface area contributed by atoms with E-state index in [-0.39, 0.29) is 16.5 Å². The third-order valence-corrected chi connectivity index (χ3v) is 1.58. The van der Waals surface area contributed by atoms with Crippen molar-refractivity contribution >= 4 is 29.0 Å². The molecule has 0 bridgehead atoms. The molecule has 0 amide bonds. The number of halogens is 2. The van der Waals surface area contributed by atoms with Crippen molar-refractivity contribution < 1.29 is 4.39 Å². The summed E-state index contributed by atoms with van der Waals surface area (Å²) in [6.45, 7) is 1.53. The molecule has 0 spiro atoms. The Labute approximate surface area is 90.1 Å². The van der Waals surface area contributed by atoms with E-state index in [4.69, 9.17) is 11.6 Å². The zero-order chi connectivity index (χ0) is 10.6. The van der Waals surface area contributed by atoms with Gasteiger partial charge in [0.25, 0.3) is 0 Å². The summed E-state index contributed by atoms with van der Waals surface area (Å²) in [5.41, 5.74) is -0.0914. The van der Waals surface area contributed by atoms with E-state index in [2.05, 4.69) is 39.1 Å². The van der Waals surface area contributed by atoms with Gasteiger partial charge in [0.1, 0.15) is 11.4 Å². The smallest absolute Gasteiger partial charge is 0.220 e. The number of nitrogens with zero attached hydrogens (tertiary/aromatic N) is 3. The Kier molecular flexibility index (Phi) is 3.66. The van der Waals surface area contributed by atoms with Gasteiger partial charge in [-0.05, 0) is 25.1 Å². The molecule has 70 valence electrons. The minimum Gasteiger partial charge on any atom is -0.220 e. The maximum absolute atomic E-state index is 13.1. The Hall–Kier alpha value is -1.34. The molecule has 3 nitrogen and oxygen atoms in total. The number of aromatic nitrogens is 2. The molecule has 0 fully saturated rings. The molecule has 0 N–H and O–H groups in total. The number of rotatable bonds is 0. The molecule has 6 heteroatoms. The number of hydrogen-bond acceptors (Lipinski definition) is 4. The highest BCUT2D eigenvalue weighted by atomic mass is 35.5. The molecule has 0 radical (unpaired) electrons. The van der Waals surface area contributed by atoms with Crippen molar-refractivity contribution in [1.29, 1.82) is 0 Å². The molecule has 1 aromatic heterocycles. The van der Waals surface area contributed by atoms with E-state index < -0.39 is 5.95 Å². The van der Waals surface area contributed by atoms with Crippen LogP contribution in [0.3, 0.4) is 0 Å². The van der Waals surface area contributed by atoms with Crippen molar-refractivity contribution in [3.05, 3.63) is 22.5 Å². The molecule has 14 heavy (non-hydrogen) atoms. The summed E-state index contributed by atoms with van der Waals surface area (Å²) < 4.78 is 13.1. The molecular weight excluding hydrogens is 225 g/mol. The average molecular weight is 228 g/mol. The maximum Gasteiger partial charge on any atom is 0.233 e. The number of hydrogen-bond donors (Lipinski definition) is 0. The summed E-state index contributed by atoms with van der Waals surface area (Å²) in [5, 5.41) is 1.98. The Morgan fingerprint density at radius 3 is 2.79 bits per heavy atom. The van der Waals surface area contributed by atoms with Gasteiger partial charge in [0.05, 0.1) is 11.2 Å². The lowest BCUT2D eigenvalue weighted by Crippen LogP contribution is -1.97. The number of aliphatic imine (C=N–C) groups is 1. The fourth-order valence-corrected chi connectivity index (χ4v) is 1.01. The highest BCUT2D eigenvalue weighted by Gasteiger charge is 2.08. The second-order valence-corrected chi connectivity index (χ2v) is 2.71. The lowest BCUT2D eigenvalue weighted by Gasteiger charge is -1.97. The van der Waals surface area contributed by atoms with E-state index in [1.807, 2.05) is 5.16 Å². The van der Waals surface area contributed by atoms with Crippen LogP contribution in [0, 0.1) is 24.8 Å². The predicted molar refractivity (Wildman–Crippen MR) is 53.6 cm³/mol. The minimum atomic E-state index is -0.769. The van der Waals surface area contributed by atoms with Gasteiger partial charge in [-0.1, -0.05) is 11.6 Å². The molecule has 0 saturated carbocycles. The second kappa shape index (κ2) is 4.77. The topological polar surface area (TPSA) is 38.1 Å². The monoisotopic (exact) mass is 227 g/mol. The van der Waals surface area contributed by atoms with E-state index >= 15 is 0 Å². The molecule has 1 aromatic rings. The molecule has 0 saturated heterocycles. The highest BCUT2D eigenvalue weighted by molar-refractivity contribution is 7.78. The van der Waals surface area contributed by atoms with Crippen LogP contribution in [0.2, 0.25) is 5.15 Å². The molecule has 0 atom stereocenters. The molecule has 1 rings (SSSR count). The van der Waals surface area contributed by atoms with Gasteiger partial charge in [0, 0.05) is 0 Å². The van der Waals surface area contributed by atoms with Gasteiger partial charge in [-0.25, -0.2) is 9.97 Å². The summed E-state index contributed by atoms with van der Waals surface area (Å²) in [6.07, 6.45) is 0. The van der Waals surface area contributed by atoms with E-state index in [1.54, 1.807) is 0 Å². The minimum absolute atomic E-state index is 0.0398. The zero-order valence-electron chi connectivity index (χ0n) is 7.01. The predicted octanol–water partition coefficient (Wildman–Crippen LogP) is 1.99. The van der Waals surface area contributed by atoms with Crippen LogP contribution in [-0.4, -0.2) is 15.1 Å². The zero-order valence-corrected chi connectivity index (χ0v) is 8.58. The largest absolute Gasteiger partial charge is 0.233 e. The Balaban J connectivity index is 3.23. The number of thiocarbonyl (C=S) groups is 1. The molecule has 0 aliphatic carbocycles. The number of isothiocyanates is 1. The fourth-order valence-electron chi connectivity index (χ4n) is 0.716. The van der Waals surface area contributed by atoms with Crippen LogP contribution in [0.1, 0.15) is 11.4 Å². The molecule has 0 aliphatic heterocycles. The molecule has 0 aromatic carbocycles. The van der Waals surface area contributed by atoms with E-state index in [1.165, 1.54) is 6.92 Å². The summed E-state index contributed by atoms with van der Waals surface area (Å²) in [4.78, 5) is 10.5. The van der Waals surface area contributed by atoms with Crippen molar-refractivity contribution in [1.82, 2.24) is 9.97 Å². The molecule has 0 aliphatic rings. The van der Waals surface area contributed by atoms with Crippen LogP contribution in [0.25, 0.3) is 0 Å². The SMILES string of the molecule is Cc1nc(F)c(C#CN=C=S)c(Cl)n1. The third kappa shape index (κ3) is 2.57.